The van der Waals surface area contributed by atoms with Crippen molar-refractivity contribution in [3.63, 3.8) is 0 Å². The van der Waals surface area contributed by atoms with E-state index in [0.29, 0.717) is 5.78 Å². The molecule has 1 aliphatic rings. The van der Waals surface area contributed by atoms with Gasteiger partial charge in [0, 0.05) is 43.1 Å². The van der Waals surface area contributed by atoms with E-state index in [9.17, 15) is 4.79 Å². The van der Waals surface area contributed by atoms with Crippen molar-refractivity contribution in [2.75, 3.05) is 29.9 Å². The maximum atomic E-state index is 11.6. The fourth-order valence-corrected chi connectivity index (χ4v) is 3.71. The molecule has 2 aromatic rings. The minimum absolute atomic E-state index is 0.233. The van der Waals surface area contributed by atoms with Gasteiger partial charge in [-0.15, -0.1) is 0 Å². The van der Waals surface area contributed by atoms with Crippen LogP contribution in [0.4, 0.5) is 11.4 Å². The van der Waals surface area contributed by atoms with Crippen molar-refractivity contribution in [1.82, 2.24) is 0 Å². The van der Waals surface area contributed by atoms with Crippen molar-refractivity contribution in [3.05, 3.63) is 66.2 Å². The van der Waals surface area contributed by atoms with Crippen molar-refractivity contribution in [2.45, 2.75) is 26.7 Å². The van der Waals surface area contributed by atoms with E-state index in [-0.39, 0.29) is 5.92 Å². The van der Waals surface area contributed by atoms with Gasteiger partial charge < -0.3 is 9.80 Å². The van der Waals surface area contributed by atoms with Crippen LogP contribution in [0.2, 0.25) is 0 Å². The van der Waals surface area contributed by atoms with E-state index in [1.54, 1.807) is 6.92 Å². The van der Waals surface area contributed by atoms with Gasteiger partial charge in [0.05, 0.1) is 0 Å². The lowest BCUT2D eigenvalue weighted by molar-refractivity contribution is -0.121. The first-order valence-electron chi connectivity index (χ1n) is 9.31. The lowest BCUT2D eigenvalue weighted by Crippen LogP contribution is -2.35. The number of para-hydroxylation sites is 1. The van der Waals surface area contributed by atoms with Crippen molar-refractivity contribution in [2.24, 2.45) is 5.92 Å². The highest BCUT2D eigenvalue weighted by Crippen LogP contribution is 2.30. The van der Waals surface area contributed by atoms with Crippen LogP contribution in [0.5, 0.6) is 0 Å². The van der Waals surface area contributed by atoms with Crippen LogP contribution in [0, 0.1) is 12.8 Å². The van der Waals surface area contributed by atoms with Gasteiger partial charge in [-0.3, -0.25) is 4.79 Å². The molecule has 0 atom stereocenters. The average Bonchev–Trinajstić information content (AvgIpc) is 2.67. The molecule has 1 heterocycles. The van der Waals surface area contributed by atoms with Gasteiger partial charge in [0.25, 0.3) is 0 Å². The Morgan fingerprint density at radius 1 is 1.12 bits per heavy atom. The highest BCUT2D eigenvalue weighted by molar-refractivity contribution is 5.80. The van der Waals surface area contributed by atoms with Crippen LogP contribution in [-0.4, -0.2) is 25.9 Å². The molecule has 0 saturated carbocycles. The molecule has 0 radical (unpaired) electrons. The van der Waals surface area contributed by atoms with E-state index in [2.05, 4.69) is 78.9 Å². The molecule has 136 valence electrons. The Hall–Kier alpha value is -2.55. The van der Waals surface area contributed by atoms with E-state index < -0.39 is 0 Å². The molecule has 0 unspecified atom stereocenters. The molecular weight excluding hydrogens is 320 g/mol. The molecule has 3 nitrogen and oxygen atoms in total. The van der Waals surface area contributed by atoms with Crippen LogP contribution >= 0.6 is 0 Å². The van der Waals surface area contributed by atoms with Crippen molar-refractivity contribution in [1.29, 1.82) is 0 Å². The molecule has 0 amide bonds. The van der Waals surface area contributed by atoms with Crippen molar-refractivity contribution < 1.29 is 4.79 Å². The molecule has 3 heteroatoms. The van der Waals surface area contributed by atoms with Gasteiger partial charge in [-0.2, -0.15) is 0 Å². The van der Waals surface area contributed by atoms with E-state index in [4.69, 9.17) is 0 Å². The molecular formula is C23H28N2O. The van der Waals surface area contributed by atoms with Crippen LogP contribution in [0.1, 0.15) is 30.9 Å². The van der Waals surface area contributed by atoms with Gasteiger partial charge in [-0.1, -0.05) is 36.9 Å². The Balaban J connectivity index is 1.76. The van der Waals surface area contributed by atoms with Gasteiger partial charge in [-0.25, -0.2) is 0 Å². The quantitative estimate of drug-likeness (QED) is 0.767. The normalized spacial score (nSPS) is 15.0. The van der Waals surface area contributed by atoms with Gasteiger partial charge in [0.15, 0.2) is 0 Å². The number of hydrogen-bond donors (Lipinski definition) is 0. The van der Waals surface area contributed by atoms with Gasteiger partial charge in [-0.05, 0) is 56.0 Å². The van der Waals surface area contributed by atoms with E-state index in [1.807, 2.05) is 0 Å². The maximum absolute atomic E-state index is 11.6. The third-order valence-electron chi connectivity index (χ3n) is 5.50. The molecule has 0 bridgehead atoms. The smallest absolute Gasteiger partial charge is 0.133 e. The first-order chi connectivity index (χ1) is 12.5. The number of anilines is 2. The Morgan fingerprint density at radius 2 is 1.81 bits per heavy atom. The van der Waals surface area contributed by atoms with Crippen LogP contribution in [0.3, 0.4) is 0 Å². The van der Waals surface area contributed by atoms with E-state index in [1.165, 1.54) is 16.9 Å². The van der Waals surface area contributed by atoms with Crippen LogP contribution in [0.15, 0.2) is 55.1 Å². The SMILES string of the molecule is C=C(c1cccc(N2CCC(C(C)=O)CC2)c1)N(C)c1ccccc1C. The molecule has 0 spiro atoms. The molecule has 1 aliphatic heterocycles. The first-order valence-corrected chi connectivity index (χ1v) is 9.31. The predicted octanol–water partition coefficient (Wildman–Crippen LogP) is 4.91. The van der Waals surface area contributed by atoms with E-state index >= 15 is 0 Å². The largest absolute Gasteiger partial charge is 0.371 e. The molecule has 0 aliphatic carbocycles. The van der Waals surface area contributed by atoms with E-state index in [0.717, 1.165) is 37.2 Å². The highest BCUT2D eigenvalue weighted by Gasteiger charge is 2.22. The van der Waals surface area contributed by atoms with Crippen LogP contribution < -0.4 is 9.80 Å². The number of ketones is 1. The summed E-state index contributed by atoms with van der Waals surface area (Å²) >= 11 is 0. The molecule has 0 N–H and O–H groups in total. The Labute approximate surface area is 156 Å². The summed E-state index contributed by atoms with van der Waals surface area (Å²) in [5.74, 6) is 0.559. The molecule has 3 rings (SSSR count). The lowest BCUT2D eigenvalue weighted by atomic mass is 9.93. The summed E-state index contributed by atoms with van der Waals surface area (Å²) in [6.45, 7) is 10.0. The second-order valence-electron chi connectivity index (χ2n) is 7.21. The average molecular weight is 348 g/mol. The summed E-state index contributed by atoms with van der Waals surface area (Å²) in [7, 11) is 2.07. The van der Waals surface area contributed by atoms with Gasteiger partial charge in [0.1, 0.15) is 5.78 Å². The maximum Gasteiger partial charge on any atom is 0.133 e. The molecule has 1 fully saturated rings. The van der Waals surface area contributed by atoms with Crippen molar-refractivity contribution in [3.8, 4) is 0 Å². The zero-order valence-corrected chi connectivity index (χ0v) is 16.0. The first kappa shape index (κ1) is 18.2. The Morgan fingerprint density at radius 3 is 2.46 bits per heavy atom. The second kappa shape index (κ2) is 7.77. The van der Waals surface area contributed by atoms with Crippen LogP contribution in [0.25, 0.3) is 5.70 Å². The molecule has 2 aromatic carbocycles. The van der Waals surface area contributed by atoms with Crippen molar-refractivity contribution >= 4 is 22.9 Å². The zero-order chi connectivity index (χ0) is 18.7. The molecule has 0 aromatic heterocycles. The summed E-state index contributed by atoms with van der Waals surface area (Å²) < 4.78 is 0. The summed E-state index contributed by atoms with van der Waals surface area (Å²) in [4.78, 5) is 16.1. The number of piperidine rings is 1. The number of Topliss-reactive ketones (excluding diaryl/α,β-unsaturated/α-hetero) is 1. The van der Waals surface area contributed by atoms with Gasteiger partial charge >= 0.3 is 0 Å². The summed E-state index contributed by atoms with van der Waals surface area (Å²) in [6.07, 6.45) is 1.90. The fraction of sp³-hybridized carbons (Fsp3) is 0.348. The monoisotopic (exact) mass is 348 g/mol. The highest BCUT2D eigenvalue weighted by atomic mass is 16.1. The minimum Gasteiger partial charge on any atom is -0.371 e. The summed E-state index contributed by atoms with van der Waals surface area (Å²) in [6, 6.07) is 16.9. The number of nitrogens with zero attached hydrogens (tertiary/aromatic N) is 2. The second-order valence-corrected chi connectivity index (χ2v) is 7.21. The fourth-order valence-electron chi connectivity index (χ4n) is 3.71. The Kier molecular flexibility index (Phi) is 5.46. The predicted molar refractivity (Wildman–Crippen MR) is 111 cm³/mol. The number of aryl methyl sites for hydroxylation is 1. The molecule has 1 saturated heterocycles. The summed E-state index contributed by atoms with van der Waals surface area (Å²) in [5, 5.41) is 0. The number of rotatable bonds is 5. The number of carbonyl (C=O) groups is 1. The number of carbonyl (C=O) groups excluding carboxylic acids is 1. The summed E-state index contributed by atoms with van der Waals surface area (Å²) in [5.41, 5.74) is 5.73. The zero-order valence-electron chi connectivity index (χ0n) is 16.0. The molecule has 26 heavy (non-hydrogen) atoms. The number of benzene rings is 2. The minimum atomic E-state index is 0.233. The topological polar surface area (TPSA) is 23.6 Å². The third kappa shape index (κ3) is 3.82. The van der Waals surface area contributed by atoms with Gasteiger partial charge in [0.2, 0.25) is 0 Å². The Bertz CT molecular complexity index is 803. The standard InChI is InChI=1S/C23H28N2O/c1-17-8-5-6-11-23(17)24(4)18(2)21-9-7-10-22(16-21)25-14-12-20(13-15-25)19(3)26/h5-11,16,20H,2,12-15H2,1,3-4H3. The lowest BCUT2D eigenvalue weighted by Gasteiger charge is -2.33. The number of hydrogen-bond acceptors (Lipinski definition) is 3. The third-order valence-corrected chi connectivity index (χ3v) is 5.50. The van der Waals surface area contributed by atoms with Crippen LogP contribution in [-0.2, 0) is 4.79 Å².